The Morgan fingerprint density at radius 3 is 2.80 bits per heavy atom. The highest BCUT2D eigenvalue weighted by Crippen LogP contribution is 2.18. The Hall–Kier alpha value is -2.89. The molecule has 0 bridgehead atoms. The van der Waals surface area contributed by atoms with Crippen LogP contribution in [0.15, 0.2) is 55.0 Å². The van der Waals surface area contributed by atoms with Gasteiger partial charge in [-0.1, -0.05) is 12.1 Å². The van der Waals surface area contributed by atoms with E-state index in [9.17, 15) is 0 Å². The summed E-state index contributed by atoms with van der Waals surface area (Å²) in [6.45, 7) is 0.591. The lowest BCUT2D eigenvalue weighted by Gasteiger charge is -2.00. The van der Waals surface area contributed by atoms with Gasteiger partial charge in [-0.2, -0.15) is 10.2 Å². The summed E-state index contributed by atoms with van der Waals surface area (Å²) >= 11 is 0. The minimum atomic E-state index is 0.591. The van der Waals surface area contributed by atoms with Crippen molar-refractivity contribution in [2.45, 2.75) is 6.67 Å². The summed E-state index contributed by atoms with van der Waals surface area (Å²) in [5, 5.41) is 8.67. The monoisotopic (exact) mass is 264 g/mol. The topological polar surface area (TPSA) is 64.3 Å². The molecule has 4 rings (SSSR count). The van der Waals surface area contributed by atoms with Crippen LogP contribution >= 0.6 is 0 Å². The number of hydrogen-bond acceptors (Lipinski definition) is 3. The number of hydrogen-bond donors (Lipinski definition) is 1. The fourth-order valence-corrected chi connectivity index (χ4v) is 2.17. The lowest BCUT2D eigenvalue weighted by molar-refractivity contribution is 0.504. The van der Waals surface area contributed by atoms with Crippen molar-refractivity contribution in [3.05, 3.63) is 55.0 Å². The highest BCUT2D eigenvalue weighted by atomic mass is 15.4. The molecule has 0 aliphatic carbocycles. The fraction of sp³-hybridized carbons (Fsp3) is 0.0714. The van der Waals surface area contributed by atoms with E-state index >= 15 is 0 Å². The molecule has 0 aliphatic heterocycles. The fourth-order valence-electron chi connectivity index (χ4n) is 2.17. The van der Waals surface area contributed by atoms with E-state index in [0.29, 0.717) is 6.67 Å². The molecule has 6 nitrogen and oxygen atoms in total. The average molecular weight is 264 g/mol. The summed E-state index contributed by atoms with van der Waals surface area (Å²) in [6, 6.07) is 11.8. The summed E-state index contributed by atoms with van der Waals surface area (Å²) in [4.78, 5) is 7.81. The molecule has 0 atom stereocenters. The maximum atomic E-state index is 4.54. The molecule has 0 spiro atoms. The largest absolute Gasteiger partial charge is 0.337 e. The molecular formula is C14H12N6. The predicted molar refractivity (Wildman–Crippen MR) is 74.9 cm³/mol. The van der Waals surface area contributed by atoms with Gasteiger partial charge in [-0.3, -0.25) is 9.36 Å². The minimum absolute atomic E-state index is 0.591. The van der Waals surface area contributed by atoms with Gasteiger partial charge in [0.25, 0.3) is 0 Å². The molecule has 0 unspecified atom stereocenters. The molecule has 0 saturated heterocycles. The number of aromatic amines is 1. The van der Waals surface area contributed by atoms with Crippen LogP contribution in [-0.4, -0.2) is 29.5 Å². The van der Waals surface area contributed by atoms with Crippen molar-refractivity contribution in [3.8, 4) is 11.5 Å². The van der Waals surface area contributed by atoms with E-state index in [-0.39, 0.29) is 0 Å². The van der Waals surface area contributed by atoms with Gasteiger partial charge < -0.3 is 4.98 Å². The zero-order valence-corrected chi connectivity index (χ0v) is 10.6. The van der Waals surface area contributed by atoms with Crippen LogP contribution in [0.1, 0.15) is 0 Å². The first-order valence-corrected chi connectivity index (χ1v) is 6.34. The summed E-state index contributed by atoms with van der Waals surface area (Å²) in [5.41, 5.74) is 2.79. The predicted octanol–water partition coefficient (Wildman–Crippen LogP) is 2.13. The van der Waals surface area contributed by atoms with Crippen LogP contribution in [0.2, 0.25) is 0 Å². The molecule has 0 amide bonds. The van der Waals surface area contributed by atoms with Crippen LogP contribution in [0, 0.1) is 0 Å². The summed E-state index contributed by atoms with van der Waals surface area (Å²) in [7, 11) is 0. The normalized spacial score (nSPS) is 11.2. The van der Waals surface area contributed by atoms with Crippen LogP contribution < -0.4 is 0 Å². The van der Waals surface area contributed by atoms with Crippen molar-refractivity contribution in [2.24, 2.45) is 0 Å². The third-order valence-electron chi connectivity index (χ3n) is 3.12. The average Bonchev–Trinajstić information content (AvgIpc) is 3.18. The van der Waals surface area contributed by atoms with Gasteiger partial charge in [0.1, 0.15) is 12.4 Å². The Bertz CT molecular complexity index is 806. The number of aromatic nitrogens is 6. The first kappa shape index (κ1) is 11.0. The van der Waals surface area contributed by atoms with Crippen LogP contribution in [0.4, 0.5) is 0 Å². The molecule has 3 heterocycles. The van der Waals surface area contributed by atoms with Gasteiger partial charge in [-0.05, 0) is 24.3 Å². The van der Waals surface area contributed by atoms with Crippen LogP contribution in [0.25, 0.3) is 22.6 Å². The standard InChI is InChI=1S/C14H12N6/c1-2-5-12-11(4-1)16-14(17-12)13-6-9-20(18-13)10-19-8-3-7-15-19/h1-9H,10H2,(H,16,17). The number of nitrogens with one attached hydrogen (secondary N) is 1. The van der Waals surface area contributed by atoms with Gasteiger partial charge in [0.2, 0.25) is 0 Å². The minimum Gasteiger partial charge on any atom is -0.337 e. The Labute approximate surface area is 114 Å². The molecule has 1 aromatic carbocycles. The van der Waals surface area contributed by atoms with Gasteiger partial charge in [-0.25, -0.2) is 4.98 Å². The molecule has 98 valence electrons. The number of para-hydroxylation sites is 2. The first-order valence-electron chi connectivity index (χ1n) is 6.34. The summed E-state index contributed by atoms with van der Waals surface area (Å²) in [5.74, 6) is 0.783. The molecular weight excluding hydrogens is 252 g/mol. The molecule has 1 N–H and O–H groups in total. The Balaban J connectivity index is 1.67. The number of H-pyrrole nitrogens is 1. The smallest absolute Gasteiger partial charge is 0.159 e. The number of fused-ring (bicyclic) bond motifs is 1. The highest BCUT2D eigenvalue weighted by Gasteiger charge is 2.08. The van der Waals surface area contributed by atoms with E-state index in [2.05, 4.69) is 20.2 Å². The SMILES string of the molecule is c1ccc2[nH]c(-c3ccn(Cn4cccn4)n3)nc2c1. The second-order valence-corrected chi connectivity index (χ2v) is 4.53. The third-order valence-corrected chi connectivity index (χ3v) is 3.12. The van der Waals surface area contributed by atoms with Gasteiger partial charge in [-0.15, -0.1) is 0 Å². The number of rotatable bonds is 3. The van der Waals surface area contributed by atoms with Gasteiger partial charge in [0.05, 0.1) is 11.0 Å². The van der Waals surface area contributed by atoms with Crippen LogP contribution in [-0.2, 0) is 6.67 Å². The van der Waals surface area contributed by atoms with Gasteiger partial charge in [0, 0.05) is 18.6 Å². The summed E-state index contributed by atoms with van der Waals surface area (Å²) < 4.78 is 3.64. The molecule has 0 aliphatic rings. The quantitative estimate of drug-likeness (QED) is 0.616. The third kappa shape index (κ3) is 1.87. The van der Waals surface area contributed by atoms with E-state index in [1.54, 1.807) is 6.20 Å². The van der Waals surface area contributed by atoms with E-state index in [1.165, 1.54) is 0 Å². The molecule has 0 saturated carbocycles. The Kier molecular flexibility index (Phi) is 2.38. The highest BCUT2D eigenvalue weighted by molar-refractivity contribution is 5.78. The van der Waals surface area contributed by atoms with Crippen LogP contribution in [0.3, 0.4) is 0 Å². The van der Waals surface area contributed by atoms with Crippen molar-refractivity contribution in [1.82, 2.24) is 29.5 Å². The molecule has 3 aromatic heterocycles. The van der Waals surface area contributed by atoms with Gasteiger partial charge in [0.15, 0.2) is 5.82 Å². The lowest BCUT2D eigenvalue weighted by Crippen LogP contribution is -2.08. The van der Waals surface area contributed by atoms with Crippen molar-refractivity contribution in [1.29, 1.82) is 0 Å². The molecule has 20 heavy (non-hydrogen) atoms. The Morgan fingerprint density at radius 2 is 1.95 bits per heavy atom. The van der Waals surface area contributed by atoms with E-state index in [4.69, 9.17) is 0 Å². The molecule has 4 aromatic rings. The number of nitrogens with zero attached hydrogens (tertiary/aromatic N) is 5. The van der Waals surface area contributed by atoms with Crippen molar-refractivity contribution in [3.63, 3.8) is 0 Å². The Morgan fingerprint density at radius 1 is 1.00 bits per heavy atom. The zero-order chi connectivity index (χ0) is 13.4. The van der Waals surface area contributed by atoms with Crippen LogP contribution in [0.5, 0.6) is 0 Å². The van der Waals surface area contributed by atoms with Crippen molar-refractivity contribution in [2.75, 3.05) is 0 Å². The van der Waals surface area contributed by atoms with Crippen molar-refractivity contribution < 1.29 is 0 Å². The second-order valence-electron chi connectivity index (χ2n) is 4.53. The second kappa shape index (κ2) is 4.34. The van der Waals surface area contributed by atoms with E-state index in [0.717, 1.165) is 22.6 Å². The first-order chi connectivity index (χ1) is 9.88. The maximum Gasteiger partial charge on any atom is 0.159 e. The van der Waals surface area contributed by atoms with E-state index in [1.807, 2.05) is 58.2 Å². The van der Waals surface area contributed by atoms with Crippen molar-refractivity contribution >= 4 is 11.0 Å². The summed E-state index contributed by atoms with van der Waals surface area (Å²) in [6.07, 6.45) is 5.58. The van der Waals surface area contributed by atoms with Gasteiger partial charge >= 0.3 is 0 Å². The number of benzene rings is 1. The molecule has 6 heteroatoms. The zero-order valence-electron chi connectivity index (χ0n) is 10.6. The maximum absolute atomic E-state index is 4.54. The lowest BCUT2D eigenvalue weighted by atomic mass is 10.3. The molecule has 0 radical (unpaired) electrons. The number of imidazole rings is 1. The van der Waals surface area contributed by atoms with E-state index < -0.39 is 0 Å². The molecule has 0 fully saturated rings.